The van der Waals surface area contributed by atoms with E-state index in [1.54, 1.807) is 11.7 Å². The number of aromatic amines is 1. The summed E-state index contributed by atoms with van der Waals surface area (Å²) in [5.74, 6) is 0.712. The molecule has 0 spiro atoms. The molecule has 1 aromatic carbocycles. The maximum absolute atomic E-state index is 11.9. The van der Waals surface area contributed by atoms with E-state index in [2.05, 4.69) is 20.9 Å². The van der Waals surface area contributed by atoms with Crippen molar-refractivity contribution in [1.29, 1.82) is 0 Å². The van der Waals surface area contributed by atoms with Crippen LogP contribution in [-0.4, -0.2) is 42.2 Å². The minimum Gasteiger partial charge on any atom is -0.495 e. The minimum atomic E-state index is -0.0907. The molecule has 0 fully saturated rings. The van der Waals surface area contributed by atoms with Gasteiger partial charge in [-0.25, -0.2) is 4.79 Å². The fraction of sp³-hybridized carbons (Fsp3) is 0.417. The predicted molar refractivity (Wildman–Crippen MR) is 82.6 cm³/mol. The number of nitrogens with zero attached hydrogens (tertiary/aromatic N) is 2. The standard InChI is InChI=1S/C12H16BrN3O2.ClH/c1-15(2)4-5-16-10-6-8(13)11(18-3)7-9(10)14-12(16)17;/h6-7H,4-5H2,1-3H3,(H,14,17);1H. The third-order valence-electron chi connectivity index (χ3n) is 2.82. The van der Waals surface area contributed by atoms with E-state index in [0.717, 1.165) is 22.1 Å². The van der Waals surface area contributed by atoms with Crippen LogP contribution in [0.5, 0.6) is 5.75 Å². The third kappa shape index (κ3) is 3.32. The van der Waals surface area contributed by atoms with Crippen molar-refractivity contribution in [3.63, 3.8) is 0 Å². The van der Waals surface area contributed by atoms with Crippen LogP contribution in [0.4, 0.5) is 0 Å². The Bertz CT molecular complexity index is 621. The zero-order valence-corrected chi connectivity index (χ0v) is 13.5. The first-order chi connectivity index (χ1) is 8.52. The quantitative estimate of drug-likeness (QED) is 0.918. The lowest BCUT2D eigenvalue weighted by molar-refractivity contribution is 0.384. The first-order valence-electron chi connectivity index (χ1n) is 5.63. The molecule has 7 heteroatoms. The van der Waals surface area contributed by atoms with E-state index in [-0.39, 0.29) is 18.1 Å². The summed E-state index contributed by atoms with van der Waals surface area (Å²) in [6.07, 6.45) is 0. The molecule has 5 nitrogen and oxygen atoms in total. The Hall–Kier alpha value is -0.980. The fourth-order valence-corrected chi connectivity index (χ4v) is 2.33. The number of fused-ring (bicyclic) bond motifs is 1. The van der Waals surface area contributed by atoms with Gasteiger partial charge in [-0.2, -0.15) is 0 Å². The van der Waals surface area contributed by atoms with Crippen LogP contribution in [0, 0.1) is 0 Å². The Morgan fingerprint density at radius 2 is 2.11 bits per heavy atom. The third-order valence-corrected chi connectivity index (χ3v) is 3.44. The number of rotatable bonds is 4. The van der Waals surface area contributed by atoms with E-state index < -0.39 is 0 Å². The van der Waals surface area contributed by atoms with E-state index in [9.17, 15) is 4.79 Å². The average Bonchev–Trinajstić information content (AvgIpc) is 2.60. The highest BCUT2D eigenvalue weighted by atomic mass is 79.9. The van der Waals surface area contributed by atoms with E-state index in [4.69, 9.17) is 4.74 Å². The lowest BCUT2D eigenvalue weighted by Crippen LogP contribution is -2.24. The number of likely N-dealkylation sites (N-methyl/N-ethyl adjacent to an activating group) is 1. The second-order valence-electron chi connectivity index (χ2n) is 4.39. The van der Waals surface area contributed by atoms with Gasteiger partial charge in [-0.3, -0.25) is 4.57 Å². The summed E-state index contributed by atoms with van der Waals surface area (Å²) < 4.78 is 7.79. The Kier molecular flexibility index (Phi) is 5.46. The second-order valence-corrected chi connectivity index (χ2v) is 5.24. The molecule has 0 radical (unpaired) electrons. The van der Waals surface area contributed by atoms with Gasteiger partial charge in [0.15, 0.2) is 0 Å². The summed E-state index contributed by atoms with van der Waals surface area (Å²) in [4.78, 5) is 16.8. The number of ether oxygens (including phenoxy) is 1. The first kappa shape index (κ1) is 16.1. The van der Waals surface area contributed by atoms with E-state index >= 15 is 0 Å². The largest absolute Gasteiger partial charge is 0.495 e. The minimum absolute atomic E-state index is 0. The summed E-state index contributed by atoms with van der Waals surface area (Å²) >= 11 is 3.44. The Balaban J connectivity index is 0.00000180. The highest BCUT2D eigenvalue weighted by Crippen LogP contribution is 2.28. The first-order valence-corrected chi connectivity index (χ1v) is 6.43. The smallest absolute Gasteiger partial charge is 0.326 e. The van der Waals surface area contributed by atoms with Crippen LogP contribution in [0.25, 0.3) is 11.0 Å². The molecule has 106 valence electrons. The van der Waals surface area contributed by atoms with E-state index in [1.165, 1.54) is 0 Å². The van der Waals surface area contributed by atoms with Crippen molar-refractivity contribution in [2.75, 3.05) is 27.7 Å². The van der Waals surface area contributed by atoms with E-state index in [1.807, 2.05) is 31.1 Å². The molecule has 0 amide bonds. The molecule has 2 rings (SSSR count). The van der Waals surface area contributed by atoms with Crippen molar-refractivity contribution in [3.05, 3.63) is 27.1 Å². The van der Waals surface area contributed by atoms with Gasteiger partial charge in [0.05, 0.1) is 22.6 Å². The molecule has 0 bridgehead atoms. The molecule has 1 heterocycles. The number of imidazole rings is 1. The number of nitrogens with one attached hydrogen (secondary N) is 1. The number of halogens is 2. The molecular weight excluding hydrogens is 334 g/mol. The molecule has 0 aliphatic carbocycles. The monoisotopic (exact) mass is 349 g/mol. The van der Waals surface area contributed by atoms with Gasteiger partial charge in [0.25, 0.3) is 0 Å². The number of hydrogen-bond donors (Lipinski definition) is 1. The fourth-order valence-electron chi connectivity index (χ4n) is 1.84. The summed E-state index contributed by atoms with van der Waals surface area (Å²) in [6.45, 7) is 1.47. The highest BCUT2D eigenvalue weighted by Gasteiger charge is 2.10. The maximum atomic E-state index is 11.9. The van der Waals surface area contributed by atoms with Crippen molar-refractivity contribution in [3.8, 4) is 5.75 Å². The number of methoxy groups -OCH3 is 1. The SMILES string of the molecule is COc1cc2[nH]c(=O)n(CCN(C)C)c2cc1Br.Cl. The van der Waals surface area contributed by atoms with Crippen molar-refractivity contribution in [2.45, 2.75) is 6.54 Å². The lowest BCUT2D eigenvalue weighted by atomic mass is 10.3. The van der Waals surface area contributed by atoms with Crippen LogP contribution < -0.4 is 10.4 Å². The van der Waals surface area contributed by atoms with Crippen molar-refractivity contribution in [2.24, 2.45) is 0 Å². The number of H-pyrrole nitrogens is 1. The maximum Gasteiger partial charge on any atom is 0.326 e. The Labute approximate surface area is 126 Å². The summed E-state index contributed by atoms with van der Waals surface area (Å²) in [5.41, 5.74) is 1.58. The molecule has 0 unspecified atom stereocenters. The molecule has 0 saturated carbocycles. The normalized spacial score (nSPS) is 10.8. The molecule has 0 aliphatic rings. The predicted octanol–water partition coefficient (Wildman–Crippen LogP) is 2.08. The van der Waals surface area contributed by atoms with Crippen LogP contribution in [0.3, 0.4) is 0 Å². The second kappa shape index (κ2) is 6.45. The van der Waals surface area contributed by atoms with Crippen molar-refractivity contribution in [1.82, 2.24) is 14.5 Å². The summed E-state index contributed by atoms with van der Waals surface area (Å²) in [7, 11) is 5.57. The van der Waals surface area contributed by atoms with Gasteiger partial charge < -0.3 is 14.6 Å². The van der Waals surface area contributed by atoms with Crippen LogP contribution in [-0.2, 0) is 6.54 Å². The molecule has 0 saturated heterocycles. The van der Waals surface area contributed by atoms with Crippen molar-refractivity contribution >= 4 is 39.4 Å². The van der Waals surface area contributed by atoms with E-state index in [0.29, 0.717) is 12.3 Å². The van der Waals surface area contributed by atoms with Gasteiger partial charge in [0.2, 0.25) is 0 Å². The number of hydrogen-bond acceptors (Lipinski definition) is 3. The Morgan fingerprint density at radius 3 is 2.68 bits per heavy atom. The zero-order chi connectivity index (χ0) is 13.3. The zero-order valence-electron chi connectivity index (χ0n) is 11.1. The summed E-state index contributed by atoms with van der Waals surface area (Å²) in [6, 6.07) is 3.73. The van der Waals surface area contributed by atoms with Gasteiger partial charge >= 0.3 is 5.69 Å². The highest BCUT2D eigenvalue weighted by molar-refractivity contribution is 9.10. The van der Waals surface area contributed by atoms with Crippen LogP contribution in [0.1, 0.15) is 0 Å². The van der Waals surface area contributed by atoms with Gasteiger partial charge in [-0.05, 0) is 36.1 Å². The van der Waals surface area contributed by atoms with Crippen molar-refractivity contribution < 1.29 is 4.74 Å². The number of aromatic nitrogens is 2. The van der Waals surface area contributed by atoms with Gasteiger partial charge in [-0.15, -0.1) is 12.4 Å². The van der Waals surface area contributed by atoms with Gasteiger partial charge in [0.1, 0.15) is 5.75 Å². The van der Waals surface area contributed by atoms with Gasteiger partial charge in [0, 0.05) is 19.2 Å². The molecule has 2 aromatic rings. The molecule has 1 aromatic heterocycles. The average molecular weight is 351 g/mol. The van der Waals surface area contributed by atoms with Crippen LogP contribution >= 0.6 is 28.3 Å². The molecule has 19 heavy (non-hydrogen) atoms. The lowest BCUT2D eigenvalue weighted by Gasteiger charge is -2.10. The molecular formula is C12H17BrClN3O2. The summed E-state index contributed by atoms with van der Waals surface area (Å²) in [5, 5.41) is 0. The Morgan fingerprint density at radius 1 is 1.42 bits per heavy atom. The van der Waals surface area contributed by atoms with Gasteiger partial charge in [-0.1, -0.05) is 0 Å². The number of benzene rings is 1. The molecule has 1 N–H and O–H groups in total. The molecule has 0 atom stereocenters. The van der Waals surface area contributed by atoms with Crippen LogP contribution in [0.15, 0.2) is 21.4 Å². The van der Waals surface area contributed by atoms with Crippen LogP contribution in [0.2, 0.25) is 0 Å². The molecule has 0 aliphatic heterocycles. The topological polar surface area (TPSA) is 50.3 Å².